The smallest absolute Gasteiger partial charge is 0.224 e. The molecule has 3 amide bonds. The maximum Gasteiger partial charge on any atom is 0.224 e. The Labute approximate surface area is 163 Å². The molecule has 6 nitrogen and oxygen atoms in total. The molecule has 3 heterocycles. The molecular formula is C21H35N3O3. The van der Waals surface area contributed by atoms with Gasteiger partial charge in [-0.1, -0.05) is 6.42 Å². The molecule has 1 atom stereocenters. The second-order valence-electron chi connectivity index (χ2n) is 8.98. The molecule has 3 rings (SSSR count). The van der Waals surface area contributed by atoms with E-state index in [-0.39, 0.29) is 29.2 Å². The Morgan fingerprint density at radius 2 is 1.78 bits per heavy atom. The van der Waals surface area contributed by atoms with Gasteiger partial charge in [0.05, 0.1) is 0 Å². The van der Waals surface area contributed by atoms with Crippen LogP contribution < -0.4 is 0 Å². The van der Waals surface area contributed by atoms with Crippen molar-refractivity contribution in [1.82, 2.24) is 14.7 Å². The van der Waals surface area contributed by atoms with Crippen LogP contribution in [0.15, 0.2) is 0 Å². The number of carbonyl (C=O) groups excluding carboxylic acids is 3. The molecule has 0 aromatic rings. The number of amides is 3. The highest BCUT2D eigenvalue weighted by molar-refractivity contribution is 5.80. The fourth-order valence-corrected chi connectivity index (χ4v) is 4.93. The van der Waals surface area contributed by atoms with Gasteiger partial charge in [-0.3, -0.25) is 14.4 Å². The predicted molar refractivity (Wildman–Crippen MR) is 104 cm³/mol. The summed E-state index contributed by atoms with van der Waals surface area (Å²) >= 11 is 0. The van der Waals surface area contributed by atoms with E-state index >= 15 is 0 Å². The topological polar surface area (TPSA) is 60.9 Å². The van der Waals surface area contributed by atoms with Crippen LogP contribution >= 0.6 is 0 Å². The van der Waals surface area contributed by atoms with Crippen LogP contribution in [0.25, 0.3) is 0 Å². The van der Waals surface area contributed by atoms with Gasteiger partial charge in [0, 0.05) is 63.4 Å². The van der Waals surface area contributed by atoms with Crippen LogP contribution in [0.4, 0.5) is 0 Å². The van der Waals surface area contributed by atoms with E-state index in [0.29, 0.717) is 25.8 Å². The fraction of sp³-hybridized carbons (Fsp3) is 0.857. The highest BCUT2D eigenvalue weighted by atomic mass is 16.2. The summed E-state index contributed by atoms with van der Waals surface area (Å²) in [6, 6.07) is 0.217. The average Bonchev–Trinajstić information content (AvgIpc) is 2.86. The van der Waals surface area contributed by atoms with Crippen LogP contribution in [0.1, 0.15) is 71.6 Å². The second kappa shape index (κ2) is 8.61. The third-order valence-corrected chi connectivity index (χ3v) is 6.60. The van der Waals surface area contributed by atoms with Crippen LogP contribution in [0.5, 0.6) is 0 Å². The summed E-state index contributed by atoms with van der Waals surface area (Å²) in [5, 5.41) is 0. The van der Waals surface area contributed by atoms with Crippen molar-refractivity contribution in [3.05, 3.63) is 0 Å². The van der Waals surface area contributed by atoms with Gasteiger partial charge in [0.1, 0.15) is 0 Å². The highest BCUT2D eigenvalue weighted by Crippen LogP contribution is 2.39. The maximum absolute atomic E-state index is 12.8. The lowest BCUT2D eigenvalue weighted by Crippen LogP contribution is -2.56. The van der Waals surface area contributed by atoms with Crippen LogP contribution in [-0.4, -0.2) is 71.2 Å². The number of rotatable bonds is 4. The molecule has 0 aliphatic carbocycles. The first-order valence-corrected chi connectivity index (χ1v) is 10.8. The average molecular weight is 378 g/mol. The third-order valence-electron chi connectivity index (χ3n) is 6.60. The zero-order valence-corrected chi connectivity index (χ0v) is 17.0. The highest BCUT2D eigenvalue weighted by Gasteiger charge is 2.43. The minimum atomic E-state index is 0.0600. The van der Waals surface area contributed by atoms with Gasteiger partial charge < -0.3 is 14.7 Å². The lowest BCUT2D eigenvalue weighted by molar-refractivity contribution is -0.145. The van der Waals surface area contributed by atoms with E-state index in [1.54, 1.807) is 0 Å². The number of piperidine rings is 2. The molecule has 0 aromatic carbocycles. The van der Waals surface area contributed by atoms with Crippen molar-refractivity contribution in [2.45, 2.75) is 77.7 Å². The van der Waals surface area contributed by atoms with Gasteiger partial charge in [0.25, 0.3) is 0 Å². The van der Waals surface area contributed by atoms with Gasteiger partial charge in [-0.15, -0.1) is 0 Å². The third kappa shape index (κ3) is 4.82. The number of hydrogen-bond donors (Lipinski definition) is 0. The molecule has 1 unspecified atom stereocenters. The van der Waals surface area contributed by atoms with Crippen molar-refractivity contribution >= 4 is 17.7 Å². The van der Waals surface area contributed by atoms with Crippen molar-refractivity contribution in [2.24, 2.45) is 5.41 Å². The van der Waals surface area contributed by atoms with Crippen LogP contribution in [0, 0.1) is 5.41 Å². The molecule has 0 N–H and O–H groups in total. The summed E-state index contributed by atoms with van der Waals surface area (Å²) in [6.07, 6.45) is 7.78. The minimum Gasteiger partial charge on any atom is -0.342 e. The summed E-state index contributed by atoms with van der Waals surface area (Å²) in [7, 11) is 0. The Hall–Kier alpha value is -1.59. The Morgan fingerprint density at radius 3 is 2.56 bits per heavy atom. The second-order valence-corrected chi connectivity index (χ2v) is 8.98. The molecule has 3 fully saturated rings. The van der Waals surface area contributed by atoms with E-state index < -0.39 is 0 Å². The largest absolute Gasteiger partial charge is 0.342 e. The fourth-order valence-electron chi connectivity index (χ4n) is 4.93. The molecule has 6 heteroatoms. The molecule has 3 saturated heterocycles. The van der Waals surface area contributed by atoms with E-state index in [2.05, 4.69) is 13.8 Å². The first kappa shape index (κ1) is 20.2. The molecule has 1 spiro atoms. The summed E-state index contributed by atoms with van der Waals surface area (Å²) in [5.41, 5.74) is 0.0600. The number of hydrogen-bond acceptors (Lipinski definition) is 3. The van der Waals surface area contributed by atoms with Gasteiger partial charge in [0.2, 0.25) is 17.7 Å². The molecule has 3 aliphatic rings. The lowest BCUT2D eigenvalue weighted by Gasteiger charge is -2.49. The maximum atomic E-state index is 12.8. The van der Waals surface area contributed by atoms with Gasteiger partial charge in [-0.2, -0.15) is 0 Å². The van der Waals surface area contributed by atoms with E-state index in [1.807, 2.05) is 14.7 Å². The van der Waals surface area contributed by atoms with Crippen molar-refractivity contribution < 1.29 is 14.4 Å². The van der Waals surface area contributed by atoms with Gasteiger partial charge in [-0.25, -0.2) is 0 Å². The predicted octanol–water partition coefficient (Wildman–Crippen LogP) is 2.42. The monoisotopic (exact) mass is 377 g/mol. The summed E-state index contributed by atoms with van der Waals surface area (Å²) in [4.78, 5) is 43.1. The molecule has 0 radical (unpaired) electrons. The van der Waals surface area contributed by atoms with Crippen LogP contribution in [-0.2, 0) is 14.4 Å². The normalized spacial score (nSPS) is 27.4. The first-order chi connectivity index (χ1) is 12.9. The van der Waals surface area contributed by atoms with Crippen molar-refractivity contribution in [2.75, 3.05) is 32.7 Å². The van der Waals surface area contributed by atoms with Crippen LogP contribution in [0.3, 0.4) is 0 Å². The van der Waals surface area contributed by atoms with Crippen LogP contribution in [0.2, 0.25) is 0 Å². The minimum absolute atomic E-state index is 0.0600. The zero-order valence-electron chi connectivity index (χ0n) is 17.0. The number of nitrogens with zero attached hydrogens (tertiary/aromatic N) is 3. The molecule has 152 valence electrons. The molecule has 27 heavy (non-hydrogen) atoms. The molecule has 3 aliphatic heterocycles. The Bertz CT molecular complexity index is 577. The Morgan fingerprint density at radius 1 is 0.963 bits per heavy atom. The van der Waals surface area contributed by atoms with Gasteiger partial charge in [0.15, 0.2) is 0 Å². The summed E-state index contributed by atoms with van der Waals surface area (Å²) in [6.45, 7) is 7.83. The lowest BCUT2D eigenvalue weighted by atomic mass is 9.73. The van der Waals surface area contributed by atoms with E-state index in [9.17, 15) is 14.4 Å². The quantitative estimate of drug-likeness (QED) is 0.756. The zero-order chi connectivity index (χ0) is 19.4. The summed E-state index contributed by atoms with van der Waals surface area (Å²) in [5.74, 6) is 0.617. The number of likely N-dealkylation sites (tertiary alicyclic amines) is 3. The van der Waals surface area contributed by atoms with E-state index in [0.717, 1.165) is 64.7 Å². The standard InChI is InChI=1S/C21H35N3O3/c1-17(2)24-16-21(11-8-20(24)27)10-6-13-23(15-21)19(26)9-14-22-12-5-3-4-7-18(22)25/h17H,3-16H2,1-2H3. The van der Waals surface area contributed by atoms with E-state index in [1.165, 1.54) is 0 Å². The van der Waals surface area contributed by atoms with E-state index in [4.69, 9.17) is 0 Å². The molecular weight excluding hydrogens is 342 g/mol. The molecule has 0 saturated carbocycles. The SMILES string of the molecule is CC(C)N1CC2(CCCN(C(=O)CCN3CCCCCC3=O)C2)CCC1=O. The Balaban J connectivity index is 1.56. The summed E-state index contributed by atoms with van der Waals surface area (Å²) < 4.78 is 0. The van der Waals surface area contributed by atoms with Gasteiger partial charge in [-0.05, 0) is 46.0 Å². The van der Waals surface area contributed by atoms with Crippen molar-refractivity contribution in [3.8, 4) is 0 Å². The van der Waals surface area contributed by atoms with Gasteiger partial charge >= 0.3 is 0 Å². The molecule has 0 bridgehead atoms. The number of carbonyl (C=O) groups is 3. The molecule has 0 aromatic heterocycles. The Kier molecular flexibility index (Phi) is 6.43. The van der Waals surface area contributed by atoms with Crippen molar-refractivity contribution in [3.63, 3.8) is 0 Å². The first-order valence-electron chi connectivity index (χ1n) is 10.8. The van der Waals surface area contributed by atoms with Crippen molar-refractivity contribution in [1.29, 1.82) is 0 Å².